The van der Waals surface area contributed by atoms with Crippen LogP contribution in [-0.4, -0.2) is 21.9 Å². The summed E-state index contributed by atoms with van der Waals surface area (Å²) >= 11 is 1.54. The van der Waals surface area contributed by atoms with Crippen LogP contribution < -0.4 is 9.64 Å². The summed E-state index contributed by atoms with van der Waals surface area (Å²) in [7, 11) is 0. The number of nitrogens with one attached hydrogen (secondary N) is 1. The van der Waals surface area contributed by atoms with E-state index in [1.165, 1.54) is 11.3 Å². The van der Waals surface area contributed by atoms with Crippen molar-refractivity contribution in [1.29, 1.82) is 0 Å². The molecule has 31 heavy (non-hydrogen) atoms. The minimum Gasteiger partial charge on any atom is -0.487 e. The van der Waals surface area contributed by atoms with Crippen LogP contribution in [0.2, 0.25) is 0 Å². The number of fused-ring (bicyclic) bond motifs is 1. The largest absolute Gasteiger partial charge is 0.487 e. The number of aromatic amines is 1. The van der Waals surface area contributed by atoms with Gasteiger partial charge in [0.05, 0.1) is 11.2 Å². The Balaban J connectivity index is 1.62. The Bertz CT molecular complexity index is 1150. The second-order valence-corrected chi connectivity index (χ2v) is 8.92. The van der Waals surface area contributed by atoms with Crippen LogP contribution in [0.25, 0.3) is 10.9 Å². The number of carbonyl (C=O) groups excluding carboxylic acids is 1. The van der Waals surface area contributed by atoms with E-state index in [1.54, 1.807) is 5.51 Å². The molecule has 0 bridgehead atoms. The number of nitrogens with zero attached hydrogens (tertiary/aromatic N) is 2. The predicted molar refractivity (Wildman–Crippen MR) is 127 cm³/mol. The van der Waals surface area contributed by atoms with Gasteiger partial charge < -0.3 is 14.6 Å². The molecular formula is C25H27N3O2S. The van der Waals surface area contributed by atoms with Crippen molar-refractivity contribution in [2.75, 3.05) is 4.90 Å². The Hall–Kier alpha value is -3.12. The van der Waals surface area contributed by atoms with Crippen molar-refractivity contribution in [2.45, 2.75) is 39.8 Å². The van der Waals surface area contributed by atoms with Crippen LogP contribution in [-0.2, 0) is 6.61 Å². The Morgan fingerprint density at radius 1 is 1.16 bits per heavy atom. The van der Waals surface area contributed by atoms with Crippen LogP contribution in [0, 0.1) is 5.92 Å². The molecule has 0 aliphatic carbocycles. The maximum atomic E-state index is 13.7. The molecule has 2 heterocycles. The molecule has 160 valence electrons. The van der Waals surface area contributed by atoms with Gasteiger partial charge in [-0.1, -0.05) is 19.9 Å². The summed E-state index contributed by atoms with van der Waals surface area (Å²) in [5.74, 6) is 1.12. The van der Waals surface area contributed by atoms with Gasteiger partial charge in [-0.3, -0.25) is 4.79 Å². The Morgan fingerprint density at radius 3 is 2.81 bits per heavy atom. The Morgan fingerprint density at radius 2 is 2.03 bits per heavy atom. The van der Waals surface area contributed by atoms with Crippen LogP contribution >= 0.6 is 11.3 Å². The normalized spacial score (nSPS) is 12.3. The van der Waals surface area contributed by atoms with E-state index in [9.17, 15) is 4.79 Å². The zero-order valence-electron chi connectivity index (χ0n) is 18.0. The monoisotopic (exact) mass is 433 g/mol. The van der Waals surface area contributed by atoms with Crippen LogP contribution in [0.4, 0.5) is 5.69 Å². The third-order valence-electron chi connectivity index (χ3n) is 5.24. The van der Waals surface area contributed by atoms with Crippen LogP contribution in [0.3, 0.4) is 0 Å². The van der Waals surface area contributed by atoms with Crippen molar-refractivity contribution >= 4 is 33.8 Å². The summed E-state index contributed by atoms with van der Waals surface area (Å²) in [6.45, 7) is 6.86. The third kappa shape index (κ3) is 4.97. The van der Waals surface area contributed by atoms with E-state index in [0.29, 0.717) is 23.8 Å². The number of ether oxygens (including phenoxy) is 1. The first kappa shape index (κ1) is 21.1. The number of rotatable bonds is 8. The zero-order chi connectivity index (χ0) is 21.8. The molecule has 6 heteroatoms. The lowest BCUT2D eigenvalue weighted by atomic mass is 10.0. The van der Waals surface area contributed by atoms with Gasteiger partial charge in [-0.2, -0.15) is 0 Å². The number of anilines is 1. The second kappa shape index (κ2) is 9.35. The predicted octanol–water partition coefficient (Wildman–Crippen LogP) is 6.28. The van der Waals surface area contributed by atoms with Crippen molar-refractivity contribution in [3.8, 4) is 5.75 Å². The Kier molecular flexibility index (Phi) is 6.37. The highest BCUT2D eigenvalue weighted by molar-refractivity contribution is 7.07. The van der Waals surface area contributed by atoms with Gasteiger partial charge in [0.25, 0.3) is 5.91 Å². The molecule has 4 rings (SSSR count). The number of thiazole rings is 1. The smallest absolute Gasteiger partial charge is 0.258 e. The lowest BCUT2D eigenvalue weighted by molar-refractivity contribution is 0.0975. The molecule has 0 saturated heterocycles. The average Bonchev–Trinajstić information content (AvgIpc) is 3.43. The molecule has 0 aliphatic rings. The standard InChI is InChI=1S/C25H27N3O2S/c1-17(2)11-18(3)28(22-7-8-24-19(12-22)9-10-26-24)25(29)20-5-4-6-23(13-20)30-14-21-15-31-16-27-21/h4-10,12-13,15-18,26H,11,14H2,1-3H3. The summed E-state index contributed by atoms with van der Waals surface area (Å²) in [6.07, 6.45) is 2.83. The maximum Gasteiger partial charge on any atom is 0.258 e. The van der Waals surface area contributed by atoms with Crippen molar-refractivity contribution < 1.29 is 9.53 Å². The Labute approximate surface area is 186 Å². The number of hydrogen-bond donors (Lipinski definition) is 1. The van der Waals surface area contributed by atoms with E-state index in [0.717, 1.165) is 28.7 Å². The quantitative estimate of drug-likeness (QED) is 0.355. The van der Waals surface area contributed by atoms with E-state index < -0.39 is 0 Å². The topological polar surface area (TPSA) is 58.2 Å². The summed E-state index contributed by atoms with van der Waals surface area (Å²) < 4.78 is 5.87. The van der Waals surface area contributed by atoms with E-state index in [1.807, 2.05) is 58.9 Å². The fourth-order valence-corrected chi connectivity index (χ4v) is 4.42. The molecule has 2 aromatic heterocycles. The van der Waals surface area contributed by atoms with Crippen molar-refractivity contribution in [3.05, 3.63) is 76.9 Å². The van der Waals surface area contributed by atoms with Crippen molar-refractivity contribution in [3.63, 3.8) is 0 Å². The lowest BCUT2D eigenvalue weighted by Gasteiger charge is -2.31. The highest BCUT2D eigenvalue weighted by Gasteiger charge is 2.24. The molecule has 0 fully saturated rings. The van der Waals surface area contributed by atoms with Crippen molar-refractivity contribution in [1.82, 2.24) is 9.97 Å². The fourth-order valence-electron chi connectivity index (χ4n) is 3.87. The van der Waals surface area contributed by atoms with Crippen LogP contribution in [0.15, 0.2) is 65.6 Å². The number of carbonyl (C=O) groups is 1. The summed E-state index contributed by atoms with van der Waals surface area (Å²) in [5.41, 5.74) is 5.24. The molecule has 0 aliphatic heterocycles. The molecule has 2 aromatic carbocycles. The van der Waals surface area contributed by atoms with Gasteiger partial charge in [0.15, 0.2) is 0 Å². The van der Waals surface area contributed by atoms with E-state index in [-0.39, 0.29) is 11.9 Å². The molecular weight excluding hydrogens is 406 g/mol. The van der Waals surface area contributed by atoms with Gasteiger partial charge in [-0.25, -0.2) is 4.98 Å². The van der Waals surface area contributed by atoms with Crippen LogP contribution in [0.1, 0.15) is 43.2 Å². The first-order valence-electron chi connectivity index (χ1n) is 10.5. The fraction of sp³-hybridized carbons (Fsp3) is 0.280. The van der Waals surface area contributed by atoms with Gasteiger partial charge in [0, 0.05) is 39.8 Å². The molecule has 1 unspecified atom stereocenters. The third-order valence-corrected chi connectivity index (χ3v) is 5.87. The highest BCUT2D eigenvalue weighted by atomic mass is 32.1. The van der Waals surface area contributed by atoms with Gasteiger partial charge in [0.2, 0.25) is 0 Å². The highest BCUT2D eigenvalue weighted by Crippen LogP contribution is 2.28. The molecule has 1 amide bonds. The molecule has 0 spiro atoms. The zero-order valence-corrected chi connectivity index (χ0v) is 18.9. The van der Waals surface area contributed by atoms with Gasteiger partial charge >= 0.3 is 0 Å². The van der Waals surface area contributed by atoms with Gasteiger partial charge in [0.1, 0.15) is 12.4 Å². The lowest BCUT2D eigenvalue weighted by Crippen LogP contribution is -2.39. The van der Waals surface area contributed by atoms with Crippen LogP contribution in [0.5, 0.6) is 5.75 Å². The summed E-state index contributed by atoms with van der Waals surface area (Å²) in [6, 6.07) is 15.6. The molecule has 4 aromatic rings. The summed E-state index contributed by atoms with van der Waals surface area (Å²) in [4.78, 5) is 23.0. The first-order chi connectivity index (χ1) is 15.0. The molecule has 5 nitrogen and oxygen atoms in total. The van der Waals surface area contributed by atoms with Gasteiger partial charge in [-0.15, -0.1) is 11.3 Å². The minimum absolute atomic E-state index is 0.0258. The van der Waals surface area contributed by atoms with Gasteiger partial charge in [-0.05, 0) is 61.7 Å². The number of amides is 1. The number of hydrogen-bond acceptors (Lipinski definition) is 4. The average molecular weight is 434 g/mol. The molecule has 0 saturated carbocycles. The SMILES string of the molecule is CC(C)CC(C)N(C(=O)c1cccc(OCc2cscn2)c1)c1ccc2[nH]ccc2c1. The number of benzene rings is 2. The van der Waals surface area contributed by atoms with E-state index in [4.69, 9.17) is 4.74 Å². The molecule has 1 atom stereocenters. The number of aromatic nitrogens is 2. The molecule has 0 radical (unpaired) electrons. The summed E-state index contributed by atoms with van der Waals surface area (Å²) in [5, 5.41) is 3.05. The second-order valence-electron chi connectivity index (χ2n) is 8.20. The minimum atomic E-state index is -0.0258. The number of H-pyrrole nitrogens is 1. The van der Waals surface area contributed by atoms with E-state index >= 15 is 0 Å². The first-order valence-corrected chi connectivity index (χ1v) is 11.5. The van der Waals surface area contributed by atoms with Crippen molar-refractivity contribution in [2.24, 2.45) is 5.92 Å². The maximum absolute atomic E-state index is 13.7. The molecule has 1 N–H and O–H groups in total. The van der Waals surface area contributed by atoms with E-state index in [2.05, 4.69) is 36.8 Å².